The summed E-state index contributed by atoms with van der Waals surface area (Å²) in [5, 5.41) is 12.6. The summed E-state index contributed by atoms with van der Waals surface area (Å²) < 4.78 is 5.30. The van der Waals surface area contributed by atoms with E-state index in [0.29, 0.717) is 39.1 Å². The third-order valence-electron chi connectivity index (χ3n) is 5.69. The number of carboxylic acid groups (broad SMARTS) is 1. The standard InChI is InChI=1S/C22H30N2O4/c25-20(26)22(12-15-28-16-13-22)23-21(27)24(17-19-9-5-2-6-10-19)14-11-18-7-3-1-4-8-18/h2,5-7,9-10H,1,3-4,8,11-17H2,(H,23,27)(H,25,26). The van der Waals surface area contributed by atoms with Crippen LogP contribution in [0.15, 0.2) is 42.0 Å². The minimum Gasteiger partial charge on any atom is -0.480 e. The van der Waals surface area contributed by atoms with Crippen molar-refractivity contribution >= 4 is 12.0 Å². The number of nitrogens with zero attached hydrogens (tertiary/aromatic N) is 1. The van der Waals surface area contributed by atoms with Crippen LogP contribution in [0.25, 0.3) is 0 Å². The lowest BCUT2D eigenvalue weighted by Gasteiger charge is -2.36. The van der Waals surface area contributed by atoms with Crippen molar-refractivity contribution in [2.75, 3.05) is 19.8 Å². The molecule has 0 radical (unpaired) electrons. The van der Waals surface area contributed by atoms with Crippen molar-refractivity contribution in [3.63, 3.8) is 0 Å². The molecule has 3 rings (SSSR count). The summed E-state index contributed by atoms with van der Waals surface area (Å²) in [5.74, 6) is -0.987. The third-order valence-corrected chi connectivity index (χ3v) is 5.69. The summed E-state index contributed by atoms with van der Waals surface area (Å²) in [6.07, 6.45) is 8.36. The maximum atomic E-state index is 13.1. The SMILES string of the molecule is O=C(NC1(C(=O)O)CCOCC1)N(CCC1=CCCCC1)Cc1ccccc1. The fourth-order valence-electron chi connectivity index (χ4n) is 3.86. The normalized spacial score (nSPS) is 18.8. The van der Waals surface area contributed by atoms with Crippen molar-refractivity contribution in [3.8, 4) is 0 Å². The lowest BCUT2D eigenvalue weighted by atomic mass is 9.90. The number of allylic oxidation sites excluding steroid dienone is 1. The lowest BCUT2D eigenvalue weighted by Crippen LogP contribution is -2.60. The maximum absolute atomic E-state index is 13.1. The fourth-order valence-corrected chi connectivity index (χ4v) is 3.86. The number of urea groups is 1. The van der Waals surface area contributed by atoms with E-state index in [-0.39, 0.29) is 6.03 Å². The van der Waals surface area contributed by atoms with Crippen LogP contribution in [-0.4, -0.2) is 47.3 Å². The highest BCUT2D eigenvalue weighted by molar-refractivity contribution is 5.86. The molecular formula is C22H30N2O4. The molecule has 0 bridgehead atoms. The van der Waals surface area contributed by atoms with E-state index >= 15 is 0 Å². The van der Waals surface area contributed by atoms with Crippen LogP contribution < -0.4 is 5.32 Å². The highest BCUT2D eigenvalue weighted by atomic mass is 16.5. The van der Waals surface area contributed by atoms with Crippen LogP contribution in [-0.2, 0) is 16.1 Å². The molecule has 0 saturated carbocycles. The molecule has 2 aliphatic rings. The van der Waals surface area contributed by atoms with Gasteiger partial charge in [0, 0.05) is 39.1 Å². The molecule has 2 amide bonds. The number of carbonyl (C=O) groups excluding carboxylic acids is 1. The molecule has 1 heterocycles. The number of carboxylic acids is 1. The van der Waals surface area contributed by atoms with Crippen molar-refractivity contribution in [2.45, 2.75) is 57.0 Å². The minimum absolute atomic E-state index is 0.290. The number of ether oxygens (including phenoxy) is 1. The molecular weight excluding hydrogens is 356 g/mol. The van der Waals surface area contributed by atoms with Crippen LogP contribution >= 0.6 is 0 Å². The quantitative estimate of drug-likeness (QED) is 0.700. The molecule has 1 aromatic carbocycles. The summed E-state index contributed by atoms with van der Waals surface area (Å²) in [6.45, 7) is 1.74. The number of rotatable bonds is 7. The van der Waals surface area contributed by atoms with E-state index in [1.165, 1.54) is 18.4 Å². The molecule has 1 fully saturated rings. The first-order valence-electron chi connectivity index (χ1n) is 10.2. The zero-order valence-corrected chi connectivity index (χ0v) is 16.4. The third kappa shape index (κ3) is 5.35. The van der Waals surface area contributed by atoms with E-state index in [1.54, 1.807) is 4.90 Å². The summed E-state index contributed by atoms with van der Waals surface area (Å²) >= 11 is 0. The number of nitrogens with one attached hydrogen (secondary N) is 1. The second-order valence-corrected chi connectivity index (χ2v) is 7.70. The average Bonchev–Trinajstić information content (AvgIpc) is 2.73. The molecule has 6 nitrogen and oxygen atoms in total. The van der Waals surface area contributed by atoms with Gasteiger partial charge in [-0.3, -0.25) is 0 Å². The molecule has 0 spiro atoms. The molecule has 1 saturated heterocycles. The summed E-state index contributed by atoms with van der Waals surface area (Å²) in [5.41, 5.74) is 1.19. The predicted molar refractivity (Wildman–Crippen MR) is 107 cm³/mol. The number of amides is 2. The maximum Gasteiger partial charge on any atom is 0.329 e. The van der Waals surface area contributed by atoms with Crippen molar-refractivity contribution in [2.24, 2.45) is 0 Å². The highest BCUT2D eigenvalue weighted by Crippen LogP contribution is 2.23. The van der Waals surface area contributed by atoms with Crippen molar-refractivity contribution < 1.29 is 19.4 Å². The monoisotopic (exact) mass is 386 g/mol. The zero-order chi connectivity index (χ0) is 19.8. The topological polar surface area (TPSA) is 78.9 Å². The lowest BCUT2D eigenvalue weighted by molar-refractivity contribution is -0.148. The predicted octanol–water partition coefficient (Wildman–Crippen LogP) is 3.72. The molecule has 152 valence electrons. The Labute approximate surface area is 166 Å². The van der Waals surface area contributed by atoms with Crippen molar-refractivity contribution in [1.82, 2.24) is 10.2 Å². The number of aliphatic carboxylic acids is 1. The van der Waals surface area contributed by atoms with Gasteiger partial charge in [0.2, 0.25) is 0 Å². The van der Waals surface area contributed by atoms with Gasteiger partial charge in [0.15, 0.2) is 0 Å². The largest absolute Gasteiger partial charge is 0.480 e. The van der Waals surface area contributed by atoms with Gasteiger partial charge in [0.1, 0.15) is 5.54 Å². The molecule has 0 atom stereocenters. The Hall–Kier alpha value is -2.34. The highest BCUT2D eigenvalue weighted by Gasteiger charge is 2.42. The molecule has 1 aromatic rings. The van der Waals surface area contributed by atoms with Gasteiger partial charge in [-0.05, 0) is 37.7 Å². The van der Waals surface area contributed by atoms with Gasteiger partial charge in [0.25, 0.3) is 0 Å². The van der Waals surface area contributed by atoms with Crippen LogP contribution in [0.1, 0.15) is 50.5 Å². The van der Waals surface area contributed by atoms with E-state index in [2.05, 4.69) is 11.4 Å². The smallest absolute Gasteiger partial charge is 0.329 e. The molecule has 0 aromatic heterocycles. The van der Waals surface area contributed by atoms with Gasteiger partial charge in [0.05, 0.1) is 0 Å². The molecule has 6 heteroatoms. The average molecular weight is 386 g/mol. The van der Waals surface area contributed by atoms with Crippen LogP contribution in [0, 0.1) is 0 Å². The summed E-state index contributed by atoms with van der Waals surface area (Å²) in [7, 11) is 0. The molecule has 2 N–H and O–H groups in total. The Morgan fingerprint density at radius 1 is 1.14 bits per heavy atom. The Balaban J connectivity index is 1.71. The van der Waals surface area contributed by atoms with Gasteiger partial charge in [-0.2, -0.15) is 0 Å². The van der Waals surface area contributed by atoms with Gasteiger partial charge >= 0.3 is 12.0 Å². The molecule has 1 aliphatic heterocycles. The summed E-state index contributed by atoms with van der Waals surface area (Å²) in [6, 6.07) is 9.51. The van der Waals surface area contributed by atoms with E-state index in [9.17, 15) is 14.7 Å². The van der Waals surface area contributed by atoms with Crippen LogP contribution in [0.2, 0.25) is 0 Å². The number of benzene rings is 1. The van der Waals surface area contributed by atoms with Crippen molar-refractivity contribution in [1.29, 1.82) is 0 Å². The van der Waals surface area contributed by atoms with Crippen molar-refractivity contribution in [3.05, 3.63) is 47.5 Å². The zero-order valence-electron chi connectivity index (χ0n) is 16.4. The first kappa shape index (κ1) is 20.4. The minimum atomic E-state index is -1.24. The van der Waals surface area contributed by atoms with E-state index < -0.39 is 11.5 Å². The second kappa shape index (κ2) is 9.73. The summed E-state index contributed by atoms with van der Waals surface area (Å²) in [4.78, 5) is 26.7. The molecule has 28 heavy (non-hydrogen) atoms. The molecule has 1 aliphatic carbocycles. The van der Waals surface area contributed by atoms with Crippen LogP contribution in [0.4, 0.5) is 4.79 Å². The van der Waals surface area contributed by atoms with E-state index in [1.807, 2.05) is 30.3 Å². The number of carbonyl (C=O) groups is 2. The number of hydrogen-bond donors (Lipinski definition) is 2. The Kier molecular flexibility index (Phi) is 7.09. The Morgan fingerprint density at radius 2 is 1.89 bits per heavy atom. The van der Waals surface area contributed by atoms with Gasteiger partial charge in [-0.25, -0.2) is 9.59 Å². The van der Waals surface area contributed by atoms with Gasteiger partial charge in [-0.1, -0.05) is 42.0 Å². The Morgan fingerprint density at radius 3 is 2.54 bits per heavy atom. The van der Waals surface area contributed by atoms with E-state index in [4.69, 9.17) is 4.74 Å². The van der Waals surface area contributed by atoms with Gasteiger partial charge in [-0.15, -0.1) is 0 Å². The Bertz CT molecular complexity index is 696. The first-order valence-corrected chi connectivity index (χ1v) is 10.2. The van der Waals surface area contributed by atoms with Crippen LogP contribution in [0.3, 0.4) is 0 Å². The molecule has 0 unspecified atom stereocenters. The number of hydrogen-bond acceptors (Lipinski definition) is 3. The van der Waals surface area contributed by atoms with E-state index in [0.717, 1.165) is 24.8 Å². The van der Waals surface area contributed by atoms with Gasteiger partial charge < -0.3 is 20.1 Å². The van der Waals surface area contributed by atoms with Crippen LogP contribution in [0.5, 0.6) is 0 Å². The fraction of sp³-hybridized carbons (Fsp3) is 0.545. The first-order chi connectivity index (χ1) is 13.6. The second-order valence-electron chi connectivity index (χ2n) is 7.70.